The van der Waals surface area contributed by atoms with Crippen molar-refractivity contribution in [3.63, 3.8) is 0 Å². The molecule has 0 heterocycles. The second-order valence-corrected chi connectivity index (χ2v) is 4.11. The molecular weight excluding hydrogens is 234 g/mol. The summed E-state index contributed by atoms with van der Waals surface area (Å²) in [5.74, 6) is 1.38. The summed E-state index contributed by atoms with van der Waals surface area (Å²) in [6.07, 6.45) is 5.37. The minimum Gasteiger partial charge on any atom is -0.493 e. The Morgan fingerprint density at radius 2 is 2.00 bits per heavy atom. The van der Waals surface area contributed by atoms with E-state index >= 15 is 0 Å². The summed E-state index contributed by atoms with van der Waals surface area (Å²) >= 11 is 0. The van der Waals surface area contributed by atoms with Gasteiger partial charge in [-0.1, -0.05) is 0 Å². The predicted molar refractivity (Wildman–Crippen MR) is 67.6 cm³/mol. The number of rotatable bonds is 4. The molecule has 0 atom stereocenters. The van der Waals surface area contributed by atoms with E-state index in [0.717, 1.165) is 47.9 Å². The molecule has 0 fully saturated rings. The van der Waals surface area contributed by atoms with Crippen molar-refractivity contribution in [1.82, 2.24) is 0 Å². The van der Waals surface area contributed by atoms with E-state index in [2.05, 4.69) is 0 Å². The molecule has 0 amide bonds. The minimum absolute atomic E-state index is 0.460. The molecule has 1 aliphatic rings. The first kappa shape index (κ1) is 12.4. The van der Waals surface area contributed by atoms with Gasteiger partial charge in [-0.3, -0.25) is 10.1 Å². The van der Waals surface area contributed by atoms with Crippen molar-refractivity contribution in [2.45, 2.75) is 19.3 Å². The van der Waals surface area contributed by atoms with E-state index in [0.29, 0.717) is 5.75 Å². The maximum absolute atomic E-state index is 10.4. The predicted octanol–water partition coefficient (Wildman–Crippen LogP) is 2.44. The van der Waals surface area contributed by atoms with Gasteiger partial charge < -0.3 is 9.47 Å². The topological polar surface area (TPSA) is 61.6 Å². The van der Waals surface area contributed by atoms with Gasteiger partial charge in [0.05, 0.1) is 19.1 Å². The second-order valence-electron chi connectivity index (χ2n) is 4.11. The third kappa shape index (κ3) is 2.16. The number of ether oxygens (including phenoxy) is 2. The highest BCUT2D eigenvalue weighted by molar-refractivity contribution is 5.65. The van der Waals surface area contributed by atoms with Crippen LogP contribution in [0.3, 0.4) is 0 Å². The third-order valence-corrected chi connectivity index (χ3v) is 3.15. The Kier molecular flexibility index (Phi) is 3.50. The van der Waals surface area contributed by atoms with Crippen LogP contribution in [0.15, 0.2) is 12.3 Å². The van der Waals surface area contributed by atoms with Crippen LogP contribution in [-0.2, 0) is 12.8 Å². The van der Waals surface area contributed by atoms with E-state index in [-0.39, 0.29) is 0 Å². The third-order valence-electron chi connectivity index (χ3n) is 3.15. The standard InChI is InChI=1S/C13H15NO4/c1-17-12-8-9(6-7-14(15)16)10-4-3-5-11(10)13(12)18-2/h6-8H,3-5H2,1-2H3/b7-6+. The Balaban J connectivity index is 2.54. The zero-order valence-corrected chi connectivity index (χ0v) is 10.4. The van der Waals surface area contributed by atoms with Gasteiger partial charge in [-0.2, -0.15) is 0 Å². The molecule has 1 aliphatic carbocycles. The molecule has 96 valence electrons. The van der Waals surface area contributed by atoms with E-state index in [9.17, 15) is 10.1 Å². The Morgan fingerprint density at radius 3 is 2.61 bits per heavy atom. The first-order chi connectivity index (χ1) is 8.67. The SMILES string of the molecule is COc1cc(/C=C/[N+](=O)[O-])c2c(c1OC)CCC2. The smallest absolute Gasteiger partial charge is 0.235 e. The van der Waals surface area contributed by atoms with Crippen LogP contribution in [-0.4, -0.2) is 19.1 Å². The molecule has 1 aromatic rings. The van der Waals surface area contributed by atoms with Gasteiger partial charge >= 0.3 is 0 Å². The number of nitro groups is 1. The van der Waals surface area contributed by atoms with E-state index in [1.807, 2.05) is 0 Å². The van der Waals surface area contributed by atoms with Gasteiger partial charge in [0.25, 0.3) is 0 Å². The average Bonchev–Trinajstić information content (AvgIpc) is 2.83. The number of hydrogen-bond acceptors (Lipinski definition) is 4. The number of hydrogen-bond donors (Lipinski definition) is 0. The van der Waals surface area contributed by atoms with Crippen LogP contribution in [0.5, 0.6) is 11.5 Å². The quantitative estimate of drug-likeness (QED) is 0.607. The molecule has 0 aliphatic heterocycles. The minimum atomic E-state index is -0.460. The largest absolute Gasteiger partial charge is 0.493 e. The van der Waals surface area contributed by atoms with Crippen LogP contribution >= 0.6 is 0 Å². The molecule has 0 N–H and O–H groups in total. The summed E-state index contributed by atoms with van der Waals surface area (Å²) < 4.78 is 10.7. The van der Waals surface area contributed by atoms with E-state index in [1.165, 1.54) is 6.08 Å². The number of benzene rings is 1. The van der Waals surface area contributed by atoms with E-state index < -0.39 is 4.92 Å². The highest BCUT2D eigenvalue weighted by Gasteiger charge is 2.22. The summed E-state index contributed by atoms with van der Waals surface area (Å²) in [6.45, 7) is 0. The van der Waals surface area contributed by atoms with Crippen molar-refractivity contribution < 1.29 is 14.4 Å². The van der Waals surface area contributed by atoms with Gasteiger partial charge in [0.2, 0.25) is 6.20 Å². The van der Waals surface area contributed by atoms with Gasteiger partial charge in [0.1, 0.15) is 0 Å². The average molecular weight is 249 g/mol. The fourth-order valence-corrected chi connectivity index (χ4v) is 2.42. The zero-order chi connectivity index (χ0) is 13.1. The normalized spacial score (nSPS) is 13.7. The lowest BCUT2D eigenvalue weighted by Crippen LogP contribution is -1.98. The fraction of sp³-hybridized carbons (Fsp3) is 0.385. The van der Waals surface area contributed by atoms with Crippen LogP contribution in [0.2, 0.25) is 0 Å². The summed E-state index contributed by atoms with van der Waals surface area (Å²) in [4.78, 5) is 9.95. The molecule has 0 unspecified atom stereocenters. The van der Waals surface area contributed by atoms with Crippen LogP contribution in [0.1, 0.15) is 23.1 Å². The summed E-state index contributed by atoms with van der Waals surface area (Å²) in [7, 11) is 3.18. The summed E-state index contributed by atoms with van der Waals surface area (Å²) in [5.41, 5.74) is 3.09. The fourth-order valence-electron chi connectivity index (χ4n) is 2.42. The molecule has 0 saturated heterocycles. The number of nitrogens with zero attached hydrogens (tertiary/aromatic N) is 1. The lowest BCUT2D eigenvalue weighted by molar-refractivity contribution is -0.400. The first-order valence-corrected chi connectivity index (χ1v) is 5.75. The van der Waals surface area contributed by atoms with Crippen LogP contribution in [0, 0.1) is 10.1 Å². The molecule has 18 heavy (non-hydrogen) atoms. The van der Waals surface area contributed by atoms with Crippen molar-refractivity contribution >= 4 is 6.08 Å². The van der Waals surface area contributed by atoms with Crippen molar-refractivity contribution in [1.29, 1.82) is 0 Å². The lowest BCUT2D eigenvalue weighted by Gasteiger charge is -2.14. The molecule has 0 bridgehead atoms. The van der Waals surface area contributed by atoms with Gasteiger partial charge in [-0.25, -0.2) is 0 Å². The van der Waals surface area contributed by atoms with Crippen LogP contribution in [0.25, 0.3) is 6.08 Å². The highest BCUT2D eigenvalue weighted by atomic mass is 16.6. The first-order valence-electron chi connectivity index (χ1n) is 5.75. The van der Waals surface area contributed by atoms with Gasteiger partial charge in [0.15, 0.2) is 11.5 Å². The van der Waals surface area contributed by atoms with Crippen molar-refractivity contribution in [3.05, 3.63) is 39.1 Å². The van der Waals surface area contributed by atoms with E-state index in [4.69, 9.17) is 9.47 Å². The van der Waals surface area contributed by atoms with Gasteiger partial charge in [-0.15, -0.1) is 0 Å². The van der Waals surface area contributed by atoms with E-state index in [1.54, 1.807) is 20.3 Å². The van der Waals surface area contributed by atoms with Crippen molar-refractivity contribution in [2.75, 3.05) is 14.2 Å². The molecule has 0 saturated carbocycles. The van der Waals surface area contributed by atoms with Crippen LogP contribution < -0.4 is 9.47 Å². The maximum atomic E-state index is 10.4. The summed E-state index contributed by atoms with van der Waals surface area (Å²) in [6, 6.07) is 1.79. The Hall–Kier alpha value is -2.04. The molecular formula is C13H15NO4. The zero-order valence-electron chi connectivity index (χ0n) is 10.4. The maximum Gasteiger partial charge on any atom is 0.235 e. The highest BCUT2D eigenvalue weighted by Crippen LogP contribution is 2.40. The molecule has 0 aromatic heterocycles. The molecule has 5 heteroatoms. The summed E-state index contributed by atoms with van der Waals surface area (Å²) in [5, 5.41) is 10.4. The second kappa shape index (κ2) is 5.08. The Morgan fingerprint density at radius 1 is 1.28 bits per heavy atom. The monoisotopic (exact) mass is 249 g/mol. The van der Waals surface area contributed by atoms with Gasteiger partial charge in [0, 0.05) is 11.6 Å². The Bertz CT molecular complexity index is 508. The Labute approximate surface area is 105 Å². The van der Waals surface area contributed by atoms with Crippen molar-refractivity contribution in [3.8, 4) is 11.5 Å². The lowest BCUT2D eigenvalue weighted by atomic mass is 10.0. The molecule has 5 nitrogen and oxygen atoms in total. The number of methoxy groups -OCH3 is 2. The molecule has 0 spiro atoms. The van der Waals surface area contributed by atoms with Crippen molar-refractivity contribution in [2.24, 2.45) is 0 Å². The van der Waals surface area contributed by atoms with Gasteiger partial charge in [-0.05, 0) is 36.5 Å². The molecule has 2 rings (SSSR count). The molecule has 1 aromatic carbocycles. The molecule has 0 radical (unpaired) electrons. The van der Waals surface area contributed by atoms with Crippen LogP contribution in [0.4, 0.5) is 0 Å². The number of fused-ring (bicyclic) bond motifs is 1.